The van der Waals surface area contributed by atoms with Crippen LogP contribution in [-0.4, -0.2) is 24.0 Å². The lowest BCUT2D eigenvalue weighted by Gasteiger charge is -2.16. The first-order valence-electron chi connectivity index (χ1n) is 4.67. The lowest BCUT2D eigenvalue weighted by Crippen LogP contribution is -2.24. The molecule has 0 aliphatic heterocycles. The lowest BCUT2D eigenvalue weighted by atomic mass is 10.1. The molecule has 1 aromatic carbocycles. The van der Waals surface area contributed by atoms with Gasteiger partial charge >= 0.3 is 0 Å². The van der Waals surface area contributed by atoms with Crippen molar-refractivity contribution in [1.82, 2.24) is 0 Å². The van der Waals surface area contributed by atoms with Crippen LogP contribution in [0.3, 0.4) is 0 Å². The van der Waals surface area contributed by atoms with Crippen molar-refractivity contribution in [3.05, 3.63) is 34.9 Å². The topological polar surface area (TPSA) is 54.4 Å². The highest BCUT2D eigenvalue weighted by Gasteiger charge is 2.29. The van der Waals surface area contributed by atoms with Crippen LogP contribution in [0.5, 0.6) is 0 Å². The van der Waals surface area contributed by atoms with E-state index in [-0.39, 0.29) is 5.75 Å². The molecule has 1 rings (SSSR count). The van der Waals surface area contributed by atoms with Gasteiger partial charge in [-0.15, -0.1) is 11.6 Å². The van der Waals surface area contributed by atoms with E-state index < -0.39 is 20.7 Å². The Hall–Kier alpha value is -0.290. The molecule has 0 radical (unpaired) electrons. The second-order valence-corrected chi connectivity index (χ2v) is 6.88. The molecule has 1 N–H and O–H groups in total. The van der Waals surface area contributed by atoms with E-state index in [1.54, 1.807) is 24.3 Å². The van der Waals surface area contributed by atoms with Gasteiger partial charge in [0.05, 0.1) is 0 Å². The summed E-state index contributed by atoms with van der Waals surface area (Å²) in [6, 6.07) is 6.24. The summed E-state index contributed by atoms with van der Waals surface area (Å²) >= 11 is 11.4. The van der Waals surface area contributed by atoms with Crippen LogP contribution < -0.4 is 0 Å². The zero-order valence-electron chi connectivity index (χ0n) is 8.60. The highest BCUT2D eigenvalue weighted by atomic mass is 35.5. The zero-order chi connectivity index (χ0) is 12.3. The number of aliphatic hydroxyl groups excluding tert-OH is 1. The molecular weight excluding hydrogens is 271 g/mol. The highest BCUT2D eigenvalue weighted by Crippen LogP contribution is 2.26. The molecule has 6 heteroatoms. The van der Waals surface area contributed by atoms with Gasteiger partial charge < -0.3 is 5.11 Å². The number of aliphatic hydroxyl groups is 1. The zero-order valence-corrected chi connectivity index (χ0v) is 10.9. The third-order valence-electron chi connectivity index (χ3n) is 2.21. The fourth-order valence-electron chi connectivity index (χ4n) is 1.17. The van der Waals surface area contributed by atoms with Gasteiger partial charge in [0.15, 0.2) is 14.5 Å². The van der Waals surface area contributed by atoms with E-state index in [9.17, 15) is 13.5 Å². The van der Waals surface area contributed by atoms with Crippen LogP contribution in [-0.2, 0) is 9.84 Å². The fraction of sp³-hybridized carbons (Fsp3) is 0.400. The Morgan fingerprint density at radius 3 is 2.25 bits per heavy atom. The largest absolute Gasteiger partial charge is 0.386 e. The van der Waals surface area contributed by atoms with E-state index in [0.29, 0.717) is 10.6 Å². The number of halogens is 2. The van der Waals surface area contributed by atoms with Crippen LogP contribution in [0.2, 0.25) is 5.02 Å². The van der Waals surface area contributed by atoms with Crippen molar-refractivity contribution in [2.75, 3.05) is 5.75 Å². The molecule has 0 fully saturated rings. The molecule has 0 aliphatic rings. The van der Waals surface area contributed by atoms with E-state index in [0.717, 1.165) is 0 Å². The fourth-order valence-corrected chi connectivity index (χ4v) is 2.68. The summed E-state index contributed by atoms with van der Waals surface area (Å²) in [5, 5.41) is 10.3. The van der Waals surface area contributed by atoms with Crippen LogP contribution in [0, 0.1) is 0 Å². The maximum absolute atomic E-state index is 11.5. The van der Waals surface area contributed by atoms with E-state index in [2.05, 4.69) is 0 Å². The first-order valence-corrected chi connectivity index (χ1v) is 7.20. The molecule has 2 atom stereocenters. The van der Waals surface area contributed by atoms with Gasteiger partial charge in [-0.3, -0.25) is 0 Å². The summed E-state index contributed by atoms with van der Waals surface area (Å²) < 4.78 is 21.6. The van der Waals surface area contributed by atoms with Gasteiger partial charge in [0.1, 0.15) is 6.10 Å². The Morgan fingerprint density at radius 2 is 1.81 bits per heavy atom. The normalized spacial score (nSPS) is 15.8. The van der Waals surface area contributed by atoms with E-state index in [1.165, 1.54) is 6.92 Å². The monoisotopic (exact) mass is 282 g/mol. The minimum atomic E-state index is -3.47. The van der Waals surface area contributed by atoms with Crippen LogP contribution in [0.4, 0.5) is 0 Å². The molecule has 16 heavy (non-hydrogen) atoms. The van der Waals surface area contributed by atoms with Crippen molar-refractivity contribution < 1.29 is 13.5 Å². The van der Waals surface area contributed by atoms with Crippen LogP contribution in [0.25, 0.3) is 0 Å². The van der Waals surface area contributed by atoms with Crippen LogP contribution in [0.15, 0.2) is 24.3 Å². The predicted molar refractivity (Wildman–Crippen MR) is 65.5 cm³/mol. The number of benzene rings is 1. The van der Waals surface area contributed by atoms with E-state index >= 15 is 0 Å². The Balaban J connectivity index is 2.94. The molecule has 0 saturated heterocycles. The van der Waals surface area contributed by atoms with Crippen molar-refractivity contribution >= 4 is 33.0 Å². The maximum Gasteiger partial charge on any atom is 0.169 e. The number of rotatable bonds is 4. The van der Waals surface area contributed by atoms with Crippen molar-refractivity contribution in [3.8, 4) is 0 Å². The smallest absolute Gasteiger partial charge is 0.169 e. The van der Waals surface area contributed by atoms with Crippen LogP contribution >= 0.6 is 23.2 Å². The van der Waals surface area contributed by atoms with Gasteiger partial charge in [-0.05, 0) is 17.7 Å². The third-order valence-corrected chi connectivity index (χ3v) is 5.26. The molecule has 0 saturated carbocycles. The summed E-state index contributed by atoms with van der Waals surface area (Å²) in [5.41, 5.74) is 0.432. The first-order chi connectivity index (χ1) is 7.38. The molecule has 0 bridgehead atoms. The van der Waals surface area contributed by atoms with Gasteiger partial charge in [0.25, 0.3) is 0 Å². The Kier molecular flexibility index (Phi) is 4.62. The minimum Gasteiger partial charge on any atom is -0.386 e. The second-order valence-electron chi connectivity index (χ2n) is 3.30. The molecule has 0 aliphatic carbocycles. The Labute approximate surface area is 105 Å². The molecule has 0 heterocycles. The van der Waals surface area contributed by atoms with Gasteiger partial charge in [-0.25, -0.2) is 8.42 Å². The second kappa shape index (κ2) is 5.36. The SMILES string of the molecule is CCS(=O)(=O)[C@H](Cl)[C@@H](O)c1ccc(Cl)cc1. The van der Waals surface area contributed by atoms with Crippen molar-refractivity contribution in [3.63, 3.8) is 0 Å². The van der Waals surface area contributed by atoms with Crippen molar-refractivity contribution in [1.29, 1.82) is 0 Å². The summed E-state index contributed by atoms with van der Waals surface area (Å²) in [5.74, 6) is -0.105. The quantitative estimate of drug-likeness (QED) is 0.863. The number of sulfone groups is 1. The Bertz CT molecular complexity index is 442. The summed E-state index contributed by atoms with van der Waals surface area (Å²) in [6.45, 7) is 1.49. The van der Waals surface area contributed by atoms with Crippen molar-refractivity contribution in [2.45, 2.75) is 17.7 Å². The molecule has 0 unspecified atom stereocenters. The van der Waals surface area contributed by atoms with Gasteiger partial charge in [0.2, 0.25) is 0 Å². The molecule has 0 amide bonds. The Morgan fingerprint density at radius 1 is 1.31 bits per heavy atom. The molecule has 1 aromatic rings. The van der Waals surface area contributed by atoms with Crippen molar-refractivity contribution in [2.24, 2.45) is 0 Å². The summed E-state index contributed by atoms with van der Waals surface area (Å²) in [6.07, 6.45) is -1.25. The van der Waals surface area contributed by atoms with E-state index in [4.69, 9.17) is 23.2 Å². The van der Waals surface area contributed by atoms with E-state index in [1.807, 2.05) is 0 Å². The lowest BCUT2D eigenvalue weighted by molar-refractivity contribution is 0.191. The average Bonchev–Trinajstić information content (AvgIpc) is 2.28. The predicted octanol–water partition coefficient (Wildman–Crippen LogP) is 2.37. The van der Waals surface area contributed by atoms with Gasteiger partial charge in [-0.2, -0.15) is 0 Å². The summed E-state index contributed by atoms with van der Waals surface area (Å²) in [7, 11) is -3.47. The number of hydrogen-bond donors (Lipinski definition) is 1. The maximum atomic E-state index is 11.5. The van der Waals surface area contributed by atoms with Gasteiger partial charge in [0, 0.05) is 10.8 Å². The highest BCUT2D eigenvalue weighted by molar-refractivity contribution is 7.93. The standard InChI is InChI=1S/C10H12Cl2O3S/c1-2-16(14,15)10(12)9(13)7-3-5-8(11)6-4-7/h3-6,9-10,13H,2H2,1H3/t9-,10-/m0/s1. The first kappa shape index (κ1) is 13.8. The molecule has 0 spiro atoms. The number of alkyl halides is 1. The minimum absolute atomic E-state index is 0.105. The number of hydrogen-bond acceptors (Lipinski definition) is 3. The molecule has 3 nitrogen and oxygen atoms in total. The van der Waals surface area contributed by atoms with Gasteiger partial charge in [-0.1, -0.05) is 30.7 Å². The average molecular weight is 283 g/mol. The molecule has 0 aromatic heterocycles. The molecular formula is C10H12Cl2O3S. The third kappa shape index (κ3) is 3.10. The molecule has 90 valence electrons. The summed E-state index contributed by atoms with van der Waals surface area (Å²) in [4.78, 5) is 0. The van der Waals surface area contributed by atoms with Crippen LogP contribution in [0.1, 0.15) is 18.6 Å².